The third-order valence-corrected chi connectivity index (χ3v) is 3.52. The number of benzene rings is 1. The first-order valence-corrected chi connectivity index (χ1v) is 7.42. The Bertz CT molecular complexity index is 664. The molecule has 1 aliphatic heterocycles. The average Bonchev–Trinajstić information content (AvgIpc) is 2.74. The van der Waals surface area contributed by atoms with Crippen molar-refractivity contribution in [2.45, 2.75) is 33.6 Å². The van der Waals surface area contributed by atoms with Gasteiger partial charge in [0.2, 0.25) is 0 Å². The van der Waals surface area contributed by atoms with Crippen molar-refractivity contribution in [3.8, 4) is 0 Å². The van der Waals surface area contributed by atoms with Gasteiger partial charge in [-0.2, -0.15) is 0 Å². The minimum Gasteiger partial charge on any atom is -0.505 e. The summed E-state index contributed by atoms with van der Waals surface area (Å²) in [5, 5.41) is 10.2. The Labute approximate surface area is 130 Å². The van der Waals surface area contributed by atoms with E-state index in [1.165, 1.54) is 5.56 Å². The van der Waals surface area contributed by atoms with Crippen molar-refractivity contribution in [2.24, 2.45) is 4.99 Å². The van der Waals surface area contributed by atoms with E-state index in [0.717, 1.165) is 5.56 Å². The van der Waals surface area contributed by atoms with Gasteiger partial charge in [0, 0.05) is 0 Å². The Kier molecular flexibility index (Phi) is 4.81. The molecular weight excluding hydrogens is 278 g/mol. The molecule has 4 nitrogen and oxygen atoms in total. The topological polar surface area (TPSA) is 58.9 Å². The maximum absolute atomic E-state index is 11.8. The van der Waals surface area contributed by atoms with Crippen molar-refractivity contribution in [3.05, 3.63) is 52.4 Å². The molecule has 0 amide bonds. The van der Waals surface area contributed by atoms with Crippen LogP contribution in [0, 0.1) is 0 Å². The van der Waals surface area contributed by atoms with Crippen molar-refractivity contribution < 1.29 is 14.6 Å². The van der Waals surface area contributed by atoms with Crippen molar-refractivity contribution >= 4 is 17.8 Å². The molecule has 1 aliphatic rings. The van der Waals surface area contributed by atoms with E-state index in [1.807, 2.05) is 12.1 Å². The minimum absolute atomic E-state index is 0.121. The molecule has 0 aliphatic carbocycles. The third kappa shape index (κ3) is 3.27. The number of esters is 1. The number of aliphatic hydroxyl groups is 1. The van der Waals surface area contributed by atoms with E-state index in [0.29, 0.717) is 17.3 Å². The Morgan fingerprint density at radius 1 is 1.32 bits per heavy atom. The molecule has 1 N–H and O–H groups in total. The third-order valence-electron chi connectivity index (χ3n) is 3.52. The standard InChI is InChI=1S/C18H21NO3/c1-5-22-18(21)16-12(4)19-15(17(16)20)10-13-6-8-14(9-7-13)11(2)3/h6-11,20H,5H2,1-4H3/b15-10+. The Hall–Kier alpha value is -2.36. The highest BCUT2D eigenvalue weighted by atomic mass is 16.5. The molecule has 0 atom stereocenters. The van der Waals surface area contributed by atoms with Gasteiger partial charge in [0.1, 0.15) is 11.3 Å². The zero-order valence-electron chi connectivity index (χ0n) is 13.4. The van der Waals surface area contributed by atoms with Crippen LogP contribution in [0.5, 0.6) is 0 Å². The summed E-state index contributed by atoms with van der Waals surface area (Å²) in [4.78, 5) is 16.1. The summed E-state index contributed by atoms with van der Waals surface area (Å²) in [7, 11) is 0. The zero-order chi connectivity index (χ0) is 16.3. The quantitative estimate of drug-likeness (QED) is 0.855. The molecule has 2 rings (SSSR count). The zero-order valence-corrected chi connectivity index (χ0v) is 13.4. The normalized spacial score (nSPS) is 16.4. The smallest absolute Gasteiger partial charge is 0.343 e. The van der Waals surface area contributed by atoms with Gasteiger partial charge in [0.15, 0.2) is 5.76 Å². The summed E-state index contributed by atoms with van der Waals surface area (Å²) in [5.74, 6) is -0.194. The summed E-state index contributed by atoms with van der Waals surface area (Å²) >= 11 is 0. The lowest BCUT2D eigenvalue weighted by Gasteiger charge is -2.05. The van der Waals surface area contributed by atoms with Crippen molar-refractivity contribution in [1.29, 1.82) is 0 Å². The van der Waals surface area contributed by atoms with E-state index in [9.17, 15) is 9.90 Å². The number of hydrogen-bond donors (Lipinski definition) is 1. The number of rotatable bonds is 4. The van der Waals surface area contributed by atoms with Gasteiger partial charge < -0.3 is 9.84 Å². The van der Waals surface area contributed by atoms with Crippen LogP contribution in [-0.4, -0.2) is 23.4 Å². The number of nitrogens with zero attached hydrogens (tertiary/aromatic N) is 1. The summed E-state index contributed by atoms with van der Waals surface area (Å²) in [6, 6.07) is 8.05. The first kappa shape index (κ1) is 16.0. The highest BCUT2D eigenvalue weighted by Crippen LogP contribution is 2.26. The number of carbonyl (C=O) groups is 1. The minimum atomic E-state index is -0.542. The average molecular weight is 299 g/mol. The second-order valence-corrected chi connectivity index (χ2v) is 5.49. The van der Waals surface area contributed by atoms with Crippen molar-refractivity contribution in [2.75, 3.05) is 6.61 Å². The lowest BCUT2D eigenvalue weighted by Crippen LogP contribution is -2.13. The Balaban J connectivity index is 2.31. The molecule has 1 heterocycles. The van der Waals surface area contributed by atoms with Crippen LogP contribution >= 0.6 is 0 Å². The van der Waals surface area contributed by atoms with E-state index < -0.39 is 5.97 Å². The van der Waals surface area contributed by atoms with Gasteiger partial charge in [-0.15, -0.1) is 0 Å². The van der Waals surface area contributed by atoms with Crippen LogP contribution in [0.4, 0.5) is 0 Å². The molecule has 116 valence electrons. The molecule has 0 radical (unpaired) electrons. The predicted molar refractivity (Wildman–Crippen MR) is 87.9 cm³/mol. The fourth-order valence-corrected chi connectivity index (χ4v) is 2.27. The van der Waals surface area contributed by atoms with E-state index in [-0.39, 0.29) is 17.9 Å². The molecule has 22 heavy (non-hydrogen) atoms. The maximum Gasteiger partial charge on any atom is 0.343 e. The maximum atomic E-state index is 11.8. The molecular formula is C18H21NO3. The van der Waals surface area contributed by atoms with Crippen LogP contribution in [0.3, 0.4) is 0 Å². The number of aliphatic imine (C=N–C) groups is 1. The molecule has 0 unspecified atom stereocenters. The van der Waals surface area contributed by atoms with Crippen LogP contribution in [0.15, 0.2) is 46.3 Å². The van der Waals surface area contributed by atoms with Crippen LogP contribution in [-0.2, 0) is 9.53 Å². The molecule has 4 heteroatoms. The number of carbonyl (C=O) groups excluding carboxylic acids is 1. The van der Waals surface area contributed by atoms with E-state index in [2.05, 4.69) is 31.0 Å². The van der Waals surface area contributed by atoms with Crippen LogP contribution in [0.1, 0.15) is 44.7 Å². The number of aliphatic hydroxyl groups excluding tert-OH is 1. The fourth-order valence-electron chi connectivity index (χ4n) is 2.27. The first-order chi connectivity index (χ1) is 10.4. The Morgan fingerprint density at radius 2 is 1.95 bits per heavy atom. The van der Waals surface area contributed by atoms with Crippen molar-refractivity contribution in [1.82, 2.24) is 0 Å². The fraction of sp³-hybridized carbons (Fsp3) is 0.333. The molecule has 0 saturated carbocycles. The monoisotopic (exact) mass is 299 g/mol. The van der Waals surface area contributed by atoms with Gasteiger partial charge >= 0.3 is 5.97 Å². The number of ether oxygens (including phenoxy) is 1. The molecule has 0 bridgehead atoms. The highest BCUT2D eigenvalue weighted by Gasteiger charge is 2.27. The van der Waals surface area contributed by atoms with Gasteiger partial charge in [-0.25, -0.2) is 9.79 Å². The first-order valence-electron chi connectivity index (χ1n) is 7.42. The van der Waals surface area contributed by atoms with E-state index in [1.54, 1.807) is 19.9 Å². The molecule has 0 saturated heterocycles. The van der Waals surface area contributed by atoms with Gasteiger partial charge in [-0.3, -0.25) is 0 Å². The largest absolute Gasteiger partial charge is 0.505 e. The SMILES string of the molecule is CCOC(=O)C1=C(O)/C(=C\c2ccc(C(C)C)cc2)N=C1C. The van der Waals surface area contributed by atoms with Crippen LogP contribution in [0.25, 0.3) is 6.08 Å². The second-order valence-electron chi connectivity index (χ2n) is 5.49. The Morgan fingerprint density at radius 3 is 2.50 bits per heavy atom. The second kappa shape index (κ2) is 6.60. The molecule has 1 aromatic rings. The van der Waals surface area contributed by atoms with Crippen LogP contribution < -0.4 is 0 Å². The van der Waals surface area contributed by atoms with Crippen LogP contribution in [0.2, 0.25) is 0 Å². The summed E-state index contributed by atoms with van der Waals surface area (Å²) < 4.78 is 4.94. The molecule has 0 fully saturated rings. The van der Waals surface area contributed by atoms with Crippen molar-refractivity contribution in [3.63, 3.8) is 0 Å². The highest BCUT2D eigenvalue weighted by molar-refractivity contribution is 6.22. The summed E-state index contributed by atoms with van der Waals surface area (Å²) in [6.45, 7) is 7.95. The lowest BCUT2D eigenvalue weighted by atomic mass is 10.0. The summed E-state index contributed by atoms with van der Waals surface area (Å²) in [5.41, 5.74) is 3.18. The van der Waals surface area contributed by atoms with E-state index >= 15 is 0 Å². The summed E-state index contributed by atoms with van der Waals surface area (Å²) in [6.07, 6.45) is 1.76. The van der Waals surface area contributed by atoms with Gasteiger partial charge in [-0.05, 0) is 37.0 Å². The van der Waals surface area contributed by atoms with Gasteiger partial charge in [0.05, 0.1) is 12.3 Å². The molecule has 1 aromatic carbocycles. The molecule has 0 aromatic heterocycles. The predicted octanol–water partition coefficient (Wildman–Crippen LogP) is 4.00. The van der Waals surface area contributed by atoms with E-state index in [4.69, 9.17) is 4.74 Å². The lowest BCUT2D eigenvalue weighted by molar-refractivity contribution is -0.138. The van der Waals surface area contributed by atoms with Gasteiger partial charge in [0.25, 0.3) is 0 Å². The van der Waals surface area contributed by atoms with Gasteiger partial charge in [-0.1, -0.05) is 38.1 Å². The number of hydrogen-bond acceptors (Lipinski definition) is 4. The molecule has 0 spiro atoms.